The van der Waals surface area contributed by atoms with Crippen LogP contribution in [-0.2, 0) is 14.3 Å². The van der Waals surface area contributed by atoms with Crippen molar-refractivity contribution in [3.8, 4) is 0 Å². The number of aliphatic carboxylic acids is 1. The summed E-state index contributed by atoms with van der Waals surface area (Å²) >= 11 is 0. The van der Waals surface area contributed by atoms with Crippen LogP contribution >= 0.6 is 0 Å². The summed E-state index contributed by atoms with van der Waals surface area (Å²) < 4.78 is 4.81. The summed E-state index contributed by atoms with van der Waals surface area (Å²) in [6, 6.07) is -0.505. The maximum Gasteiger partial charge on any atom is 0.325 e. The molecule has 1 unspecified atom stereocenters. The number of urea groups is 1. The first-order valence-electron chi connectivity index (χ1n) is 6.89. The maximum absolute atomic E-state index is 12.0. The standard InChI is InChI=1S/C13H22N2O6/c1-3-21-11(18)7-15(9-4-5-9)12(19)14-8-13(2,20)6-10(16)17/h9,20H,3-8H2,1-2H3,(H,14,19)(H,16,17). The van der Waals surface area contributed by atoms with Gasteiger partial charge in [-0.1, -0.05) is 0 Å². The van der Waals surface area contributed by atoms with Crippen LogP contribution in [0.2, 0.25) is 0 Å². The molecule has 0 radical (unpaired) electrons. The lowest BCUT2D eigenvalue weighted by molar-refractivity contribution is -0.144. The van der Waals surface area contributed by atoms with Crippen LogP contribution in [0.25, 0.3) is 0 Å². The Kier molecular flexibility index (Phi) is 5.95. The van der Waals surface area contributed by atoms with Crippen LogP contribution in [0.5, 0.6) is 0 Å². The monoisotopic (exact) mass is 302 g/mol. The molecule has 21 heavy (non-hydrogen) atoms. The van der Waals surface area contributed by atoms with Gasteiger partial charge in [-0.05, 0) is 26.7 Å². The Labute approximate surface area is 123 Å². The predicted molar refractivity (Wildman–Crippen MR) is 72.6 cm³/mol. The Balaban J connectivity index is 2.50. The topological polar surface area (TPSA) is 116 Å². The van der Waals surface area contributed by atoms with Gasteiger partial charge in [-0.25, -0.2) is 4.79 Å². The van der Waals surface area contributed by atoms with E-state index in [1.165, 1.54) is 11.8 Å². The highest BCUT2D eigenvalue weighted by Gasteiger charge is 2.35. The molecule has 1 aliphatic carbocycles. The molecule has 0 heterocycles. The van der Waals surface area contributed by atoms with Crippen LogP contribution in [0.15, 0.2) is 0 Å². The lowest BCUT2D eigenvalue weighted by Crippen LogP contribution is -2.49. The zero-order valence-electron chi connectivity index (χ0n) is 12.3. The van der Waals surface area contributed by atoms with Gasteiger partial charge in [0.2, 0.25) is 0 Å². The molecular weight excluding hydrogens is 280 g/mol. The summed E-state index contributed by atoms with van der Waals surface area (Å²) in [4.78, 5) is 35.5. The Morgan fingerprint density at radius 3 is 2.48 bits per heavy atom. The minimum absolute atomic E-state index is 0.00108. The number of carboxylic acid groups (broad SMARTS) is 1. The van der Waals surface area contributed by atoms with Gasteiger partial charge in [-0.3, -0.25) is 9.59 Å². The molecule has 3 N–H and O–H groups in total. The van der Waals surface area contributed by atoms with E-state index in [0.29, 0.717) is 0 Å². The van der Waals surface area contributed by atoms with Crippen LogP contribution in [-0.4, -0.2) is 64.4 Å². The van der Waals surface area contributed by atoms with Crippen LogP contribution in [0.1, 0.15) is 33.1 Å². The highest BCUT2D eigenvalue weighted by atomic mass is 16.5. The second-order valence-corrected chi connectivity index (χ2v) is 5.39. The maximum atomic E-state index is 12.0. The summed E-state index contributed by atoms with van der Waals surface area (Å²) in [6.07, 6.45) is 1.16. The van der Waals surface area contributed by atoms with E-state index in [1.54, 1.807) is 6.92 Å². The molecule has 8 nitrogen and oxygen atoms in total. The summed E-state index contributed by atoms with van der Waals surface area (Å²) in [5.74, 6) is -1.64. The van der Waals surface area contributed by atoms with Crippen molar-refractivity contribution in [1.82, 2.24) is 10.2 Å². The number of nitrogens with zero attached hydrogens (tertiary/aromatic N) is 1. The van der Waals surface area contributed by atoms with Gasteiger partial charge >= 0.3 is 18.0 Å². The number of nitrogens with one attached hydrogen (secondary N) is 1. The molecule has 0 aromatic rings. The van der Waals surface area contributed by atoms with E-state index in [-0.39, 0.29) is 25.7 Å². The van der Waals surface area contributed by atoms with E-state index >= 15 is 0 Å². The summed E-state index contributed by atoms with van der Waals surface area (Å²) in [5.41, 5.74) is -1.54. The molecule has 0 aliphatic heterocycles. The quantitative estimate of drug-likeness (QED) is 0.541. The van der Waals surface area contributed by atoms with Gasteiger partial charge < -0.3 is 25.2 Å². The van der Waals surface area contributed by atoms with Crippen molar-refractivity contribution in [1.29, 1.82) is 0 Å². The van der Waals surface area contributed by atoms with Crippen molar-refractivity contribution >= 4 is 18.0 Å². The molecule has 1 atom stereocenters. The molecule has 1 rings (SSSR count). The van der Waals surface area contributed by atoms with Gasteiger partial charge in [-0.15, -0.1) is 0 Å². The number of carbonyl (C=O) groups excluding carboxylic acids is 2. The number of aliphatic hydroxyl groups is 1. The minimum atomic E-state index is -1.54. The molecule has 1 saturated carbocycles. The van der Waals surface area contributed by atoms with Crippen molar-refractivity contribution in [2.45, 2.75) is 44.8 Å². The van der Waals surface area contributed by atoms with E-state index in [2.05, 4.69) is 5.32 Å². The van der Waals surface area contributed by atoms with Gasteiger partial charge in [0.05, 0.1) is 18.6 Å². The number of hydrogen-bond acceptors (Lipinski definition) is 5. The summed E-state index contributed by atoms with van der Waals surface area (Å²) in [5, 5.41) is 20.9. The Hall–Kier alpha value is -1.83. The van der Waals surface area contributed by atoms with Gasteiger partial charge in [0.25, 0.3) is 0 Å². The first-order valence-corrected chi connectivity index (χ1v) is 6.89. The zero-order valence-corrected chi connectivity index (χ0v) is 12.3. The van der Waals surface area contributed by atoms with E-state index in [0.717, 1.165) is 12.8 Å². The zero-order chi connectivity index (χ0) is 16.0. The van der Waals surface area contributed by atoms with Gasteiger partial charge in [0.1, 0.15) is 6.54 Å². The number of carbonyl (C=O) groups is 3. The average Bonchev–Trinajstić information content (AvgIpc) is 3.16. The number of amides is 2. The highest BCUT2D eigenvalue weighted by Crippen LogP contribution is 2.26. The van der Waals surface area contributed by atoms with Crippen LogP contribution in [0.3, 0.4) is 0 Å². The predicted octanol–water partition coefficient (Wildman–Crippen LogP) is -0.0508. The van der Waals surface area contributed by atoms with Crippen molar-refractivity contribution in [2.24, 2.45) is 0 Å². The lowest BCUT2D eigenvalue weighted by atomic mass is 10.0. The Morgan fingerprint density at radius 1 is 1.38 bits per heavy atom. The van der Waals surface area contributed by atoms with Crippen molar-refractivity contribution in [3.63, 3.8) is 0 Å². The smallest absolute Gasteiger partial charge is 0.325 e. The first-order chi connectivity index (χ1) is 9.75. The fourth-order valence-corrected chi connectivity index (χ4v) is 1.85. The Morgan fingerprint density at radius 2 is 2.00 bits per heavy atom. The SMILES string of the molecule is CCOC(=O)CN(C(=O)NCC(C)(O)CC(=O)O)C1CC1. The fraction of sp³-hybridized carbons (Fsp3) is 0.769. The van der Waals surface area contributed by atoms with E-state index in [4.69, 9.17) is 9.84 Å². The van der Waals surface area contributed by atoms with E-state index < -0.39 is 30.0 Å². The van der Waals surface area contributed by atoms with E-state index in [9.17, 15) is 19.5 Å². The minimum Gasteiger partial charge on any atom is -0.481 e. The van der Waals surface area contributed by atoms with Crippen molar-refractivity contribution in [2.75, 3.05) is 19.7 Å². The van der Waals surface area contributed by atoms with Crippen molar-refractivity contribution < 1.29 is 29.3 Å². The average molecular weight is 302 g/mol. The fourth-order valence-electron chi connectivity index (χ4n) is 1.85. The first kappa shape index (κ1) is 17.2. The summed E-state index contributed by atoms with van der Waals surface area (Å²) in [7, 11) is 0. The molecule has 0 saturated heterocycles. The molecule has 0 aromatic heterocycles. The lowest BCUT2D eigenvalue weighted by Gasteiger charge is -2.26. The third-order valence-corrected chi connectivity index (χ3v) is 3.01. The molecule has 120 valence electrons. The summed E-state index contributed by atoms with van der Waals surface area (Å²) in [6.45, 7) is 2.90. The molecule has 2 amide bonds. The van der Waals surface area contributed by atoms with Crippen LogP contribution in [0.4, 0.5) is 4.79 Å². The molecular formula is C13H22N2O6. The van der Waals surface area contributed by atoms with Gasteiger partial charge in [-0.2, -0.15) is 0 Å². The second-order valence-electron chi connectivity index (χ2n) is 5.39. The Bertz CT molecular complexity index is 405. The number of hydrogen-bond donors (Lipinski definition) is 3. The third-order valence-electron chi connectivity index (χ3n) is 3.01. The molecule has 0 aromatic carbocycles. The molecule has 1 aliphatic rings. The normalized spacial score (nSPS) is 16.7. The van der Waals surface area contributed by atoms with Crippen LogP contribution < -0.4 is 5.32 Å². The largest absolute Gasteiger partial charge is 0.481 e. The highest BCUT2D eigenvalue weighted by molar-refractivity contribution is 5.81. The molecule has 1 fully saturated rings. The molecule has 8 heteroatoms. The third kappa shape index (κ3) is 6.44. The van der Waals surface area contributed by atoms with Crippen molar-refractivity contribution in [3.05, 3.63) is 0 Å². The number of ether oxygens (including phenoxy) is 1. The van der Waals surface area contributed by atoms with Gasteiger partial charge in [0.15, 0.2) is 0 Å². The second kappa shape index (κ2) is 7.26. The number of rotatable bonds is 8. The number of carboxylic acids is 1. The number of esters is 1. The van der Waals surface area contributed by atoms with Crippen LogP contribution in [0, 0.1) is 0 Å². The van der Waals surface area contributed by atoms with E-state index in [1.807, 2.05) is 0 Å². The molecule has 0 spiro atoms. The molecule has 0 bridgehead atoms. The van der Waals surface area contributed by atoms with Gasteiger partial charge in [0, 0.05) is 12.6 Å².